The van der Waals surface area contributed by atoms with Gasteiger partial charge in [-0.25, -0.2) is 0 Å². The highest BCUT2D eigenvalue weighted by atomic mass is 35.5. The smallest absolute Gasteiger partial charge is 0.220 e. The summed E-state index contributed by atoms with van der Waals surface area (Å²) in [7, 11) is 1.91. The minimum absolute atomic E-state index is 0.0533. The number of thioether (sulfide) groups is 2. The number of likely N-dealkylation sites (N-methyl/N-ethyl adjacent to an activating group) is 1. The number of nitrogen functional groups attached to an aromatic ring is 1. The number of nitrogens with one attached hydrogen (secondary N) is 2. The van der Waals surface area contributed by atoms with E-state index < -0.39 is 0 Å². The maximum absolute atomic E-state index is 12.4. The number of nitrogens with zero attached hydrogens (tertiary/aromatic N) is 1. The summed E-state index contributed by atoms with van der Waals surface area (Å²) in [4.78, 5) is 35.3. The van der Waals surface area contributed by atoms with E-state index in [-0.39, 0.29) is 18.4 Å². The van der Waals surface area contributed by atoms with E-state index in [2.05, 4.69) is 48.3 Å². The van der Waals surface area contributed by atoms with Crippen molar-refractivity contribution in [3.63, 3.8) is 0 Å². The van der Waals surface area contributed by atoms with Gasteiger partial charge in [0.1, 0.15) is 6.29 Å². The standard InChI is InChI=1S/C19H28ClN3O2S.C8H13NOS.C4H10.CH3NO/c1-13(26-18-11-15(20)4-5-16(18)21)3-6-19(24)23-17(12-22-2)14-7-9-25-10-8-14;1-8(7-10)6-9-2-4-11-5-3-9;1-3-4-2;2-1-3/h4-5,11,14,17,22H,1,3,6-10,12,21H2,2H3,(H,23,24);7H,1-6H2;3-4H2,1-2H3;1H,(H2,2,3). The number of ether oxygens (including phenoxy) is 1. The number of hydrogen-bond acceptors (Lipinski definition) is 9. The zero-order chi connectivity index (χ0) is 33.2. The molecule has 9 nitrogen and oxygen atoms in total. The molecule has 12 heteroatoms. The normalized spacial score (nSPS) is 15.5. The van der Waals surface area contributed by atoms with Gasteiger partial charge in [-0.1, -0.05) is 63.2 Å². The summed E-state index contributed by atoms with van der Waals surface area (Å²) >= 11 is 9.46. The fourth-order valence-corrected chi connectivity index (χ4v) is 6.19. The summed E-state index contributed by atoms with van der Waals surface area (Å²) < 4.78 is 5.42. The van der Waals surface area contributed by atoms with E-state index in [1.165, 1.54) is 36.1 Å². The second-order valence-corrected chi connectivity index (χ2v) is 13.2. The SMILES string of the molecule is C=C(C=O)CN1CCSCC1.C=C(CCC(=O)NC(CNC)C1CCOCC1)Sc1cc(Cl)ccc1N.CCCC.NC=O. The monoisotopic (exact) mass is 671 g/mol. The molecule has 3 rings (SSSR count). The summed E-state index contributed by atoms with van der Waals surface area (Å²) in [5.41, 5.74) is 11.5. The number of halogens is 1. The Morgan fingerprint density at radius 3 is 2.34 bits per heavy atom. The molecule has 2 saturated heterocycles. The van der Waals surface area contributed by atoms with Crippen molar-refractivity contribution in [2.24, 2.45) is 11.7 Å². The molecule has 2 heterocycles. The van der Waals surface area contributed by atoms with Gasteiger partial charge in [-0.05, 0) is 60.9 Å². The first-order valence-electron chi connectivity index (χ1n) is 15.2. The van der Waals surface area contributed by atoms with Crippen LogP contribution in [0.1, 0.15) is 52.4 Å². The summed E-state index contributed by atoms with van der Waals surface area (Å²) in [6.07, 6.45) is 6.73. The van der Waals surface area contributed by atoms with Crippen LogP contribution in [0.25, 0.3) is 0 Å². The lowest BCUT2D eigenvalue weighted by Crippen LogP contribution is -2.47. The molecule has 1 atom stereocenters. The fraction of sp³-hybridized carbons (Fsp3) is 0.594. The number of anilines is 1. The van der Waals surface area contributed by atoms with Crippen LogP contribution < -0.4 is 22.1 Å². The number of unbranched alkanes of at least 4 members (excludes halogenated alkanes) is 1. The van der Waals surface area contributed by atoms with Crippen LogP contribution in [-0.4, -0.2) is 87.5 Å². The molecule has 1 unspecified atom stereocenters. The number of nitrogens with two attached hydrogens (primary N) is 2. The highest BCUT2D eigenvalue weighted by Gasteiger charge is 2.25. The van der Waals surface area contributed by atoms with Gasteiger partial charge >= 0.3 is 0 Å². The number of rotatable bonds is 13. The molecule has 0 aromatic heterocycles. The fourth-order valence-electron chi connectivity index (χ4n) is 4.09. The maximum atomic E-state index is 12.4. The Morgan fingerprint density at radius 1 is 1.18 bits per heavy atom. The predicted molar refractivity (Wildman–Crippen MR) is 189 cm³/mol. The van der Waals surface area contributed by atoms with Crippen LogP contribution in [0.15, 0.2) is 46.7 Å². The topological polar surface area (TPSA) is 140 Å². The van der Waals surface area contributed by atoms with E-state index in [1.807, 2.05) is 24.9 Å². The quantitative estimate of drug-likeness (QED) is 0.0972. The number of benzene rings is 1. The first-order chi connectivity index (χ1) is 21.1. The Labute approximate surface area is 278 Å². The number of amides is 2. The molecule has 0 radical (unpaired) electrons. The molecule has 1 aromatic carbocycles. The Bertz CT molecular complexity index is 972. The van der Waals surface area contributed by atoms with Crippen molar-refractivity contribution in [2.75, 3.05) is 63.7 Å². The van der Waals surface area contributed by atoms with Crippen molar-refractivity contribution < 1.29 is 19.1 Å². The van der Waals surface area contributed by atoms with E-state index in [4.69, 9.17) is 26.9 Å². The Balaban J connectivity index is 0.000000842. The highest BCUT2D eigenvalue weighted by molar-refractivity contribution is 8.03. The lowest BCUT2D eigenvalue weighted by Gasteiger charge is -2.31. The Morgan fingerprint density at radius 2 is 1.80 bits per heavy atom. The molecule has 0 bridgehead atoms. The van der Waals surface area contributed by atoms with E-state index in [0.29, 0.717) is 35.0 Å². The van der Waals surface area contributed by atoms with Gasteiger partial charge in [-0.2, -0.15) is 11.8 Å². The predicted octanol–water partition coefficient (Wildman–Crippen LogP) is 5.14. The Kier molecular flexibility index (Phi) is 26.1. The number of hydrogen-bond donors (Lipinski definition) is 4. The summed E-state index contributed by atoms with van der Waals surface area (Å²) in [6.45, 7) is 17.3. The van der Waals surface area contributed by atoms with Gasteiger partial charge in [0, 0.05) is 79.0 Å². The molecule has 44 heavy (non-hydrogen) atoms. The van der Waals surface area contributed by atoms with Gasteiger partial charge in [0.05, 0.1) is 0 Å². The minimum atomic E-state index is 0.0533. The summed E-state index contributed by atoms with van der Waals surface area (Å²) in [5.74, 6) is 2.89. The molecule has 0 saturated carbocycles. The molecule has 6 N–H and O–H groups in total. The third-order valence-electron chi connectivity index (χ3n) is 6.66. The molecular formula is C32H54ClN5O4S2. The number of carbonyl (C=O) groups is 3. The second kappa shape index (κ2) is 27.3. The zero-order valence-electron chi connectivity index (χ0n) is 26.8. The third-order valence-corrected chi connectivity index (χ3v) is 8.91. The number of aldehydes is 1. The Hall–Kier alpha value is -2.02. The van der Waals surface area contributed by atoms with Crippen LogP contribution in [0.5, 0.6) is 0 Å². The molecule has 2 aliphatic rings. The minimum Gasteiger partial charge on any atom is -0.398 e. The van der Waals surface area contributed by atoms with Crippen molar-refractivity contribution in [3.05, 3.63) is 46.9 Å². The van der Waals surface area contributed by atoms with Crippen LogP contribution in [-0.2, 0) is 19.1 Å². The van der Waals surface area contributed by atoms with Crippen molar-refractivity contribution in [3.8, 4) is 0 Å². The van der Waals surface area contributed by atoms with Crippen LogP contribution in [0, 0.1) is 5.92 Å². The van der Waals surface area contributed by atoms with Gasteiger partial charge in [-0.15, -0.1) is 0 Å². The first kappa shape index (κ1) is 42.0. The molecule has 2 fully saturated rings. The van der Waals surface area contributed by atoms with Gasteiger partial charge < -0.3 is 26.8 Å². The second-order valence-electron chi connectivity index (χ2n) is 10.3. The van der Waals surface area contributed by atoms with Gasteiger partial charge in [-0.3, -0.25) is 19.3 Å². The van der Waals surface area contributed by atoms with Crippen molar-refractivity contribution in [2.45, 2.75) is 63.3 Å². The molecule has 2 amide bonds. The largest absolute Gasteiger partial charge is 0.398 e. The third kappa shape index (κ3) is 20.8. The van der Waals surface area contributed by atoms with Crippen LogP contribution >= 0.6 is 35.1 Å². The number of carbonyl (C=O) groups excluding carboxylic acids is 3. The van der Waals surface area contributed by atoms with Crippen LogP contribution in [0.4, 0.5) is 5.69 Å². The molecule has 1 aromatic rings. The average Bonchev–Trinajstić information content (AvgIpc) is 3.03. The molecule has 0 aliphatic carbocycles. The molecule has 0 spiro atoms. The molecule has 2 aliphatic heterocycles. The highest BCUT2D eigenvalue weighted by Crippen LogP contribution is 2.34. The summed E-state index contributed by atoms with van der Waals surface area (Å²) in [5, 5.41) is 6.99. The molecule has 250 valence electrons. The van der Waals surface area contributed by atoms with Crippen LogP contribution in [0.3, 0.4) is 0 Å². The maximum Gasteiger partial charge on any atom is 0.220 e. The summed E-state index contributed by atoms with van der Waals surface area (Å²) in [6, 6.07) is 5.50. The lowest BCUT2D eigenvalue weighted by molar-refractivity contribution is -0.122. The zero-order valence-corrected chi connectivity index (χ0v) is 29.2. The number of primary amides is 1. The van der Waals surface area contributed by atoms with Crippen molar-refractivity contribution in [1.82, 2.24) is 15.5 Å². The lowest BCUT2D eigenvalue weighted by atomic mass is 9.91. The van der Waals surface area contributed by atoms with E-state index in [0.717, 1.165) is 68.3 Å². The first-order valence-corrected chi connectivity index (χ1v) is 17.5. The molecular weight excluding hydrogens is 618 g/mol. The van der Waals surface area contributed by atoms with Gasteiger partial charge in [0.15, 0.2) is 0 Å². The van der Waals surface area contributed by atoms with Crippen molar-refractivity contribution >= 4 is 59.4 Å². The average molecular weight is 672 g/mol. The van der Waals surface area contributed by atoms with E-state index in [1.54, 1.807) is 12.1 Å². The van der Waals surface area contributed by atoms with Gasteiger partial charge in [0.2, 0.25) is 12.3 Å². The van der Waals surface area contributed by atoms with Crippen molar-refractivity contribution in [1.29, 1.82) is 0 Å². The van der Waals surface area contributed by atoms with E-state index in [9.17, 15) is 9.59 Å². The number of allylic oxidation sites excluding steroid dienone is 1. The van der Waals surface area contributed by atoms with Gasteiger partial charge in [0.25, 0.3) is 0 Å². The van der Waals surface area contributed by atoms with Crippen LogP contribution in [0.2, 0.25) is 5.02 Å². The van der Waals surface area contributed by atoms with E-state index >= 15 is 0 Å².